The molecule has 0 amide bonds. The number of nitrogens with zero attached hydrogens (tertiary/aromatic N) is 1. The van der Waals surface area contributed by atoms with Crippen LogP contribution in [-0.4, -0.2) is 16.2 Å². The minimum atomic E-state index is 0.584. The Morgan fingerprint density at radius 1 is 1.40 bits per heavy atom. The Morgan fingerprint density at radius 3 is 3.00 bits per heavy atom. The van der Waals surface area contributed by atoms with E-state index in [4.69, 9.17) is 0 Å². The summed E-state index contributed by atoms with van der Waals surface area (Å²) < 4.78 is 0. The molecule has 1 aromatic heterocycles. The van der Waals surface area contributed by atoms with Gasteiger partial charge in [-0.3, -0.25) is 5.10 Å². The summed E-state index contributed by atoms with van der Waals surface area (Å²) >= 11 is 0. The van der Waals surface area contributed by atoms with Crippen molar-refractivity contribution in [2.45, 2.75) is 58.5 Å². The van der Waals surface area contributed by atoms with E-state index in [0.717, 1.165) is 6.54 Å². The molecule has 0 aromatic carbocycles. The largest absolute Gasteiger partial charge is 0.309 e. The van der Waals surface area contributed by atoms with E-state index in [1.165, 1.54) is 49.1 Å². The van der Waals surface area contributed by atoms with Crippen molar-refractivity contribution in [1.29, 1.82) is 0 Å². The van der Waals surface area contributed by atoms with Crippen LogP contribution in [0.5, 0.6) is 0 Å². The fourth-order valence-electron chi connectivity index (χ4n) is 2.11. The Bertz CT molecular complexity index is 317. The highest BCUT2D eigenvalue weighted by molar-refractivity contribution is 5.27. The molecule has 2 rings (SSSR count). The van der Waals surface area contributed by atoms with Gasteiger partial charge in [-0.1, -0.05) is 6.92 Å². The highest BCUT2D eigenvalue weighted by Gasteiger charge is 2.16. The van der Waals surface area contributed by atoms with Crippen LogP contribution in [0.1, 0.15) is 50.1 Å². The normalized spacial score (nSPS) is 17.5. The van der Waals surface area contributed by atoms with E-state index in [2.05, 4.69) is 29.4 Å². The molecule has 1 aliphatic carbocycles. The highest BCUT2D eigenvalue weighted by atomic mass is 15.1. The van der Waals surface area contributed by atoms with Crippen LogP contribution >= 0.6 is 0 Å². The number of H-pyrrole nitrogens is 1. The fourth-order valence-corrected chi connectivity index (χ4v) is 2.11. The first-order chi connectivity index (χ1) is 7.31. The fraction of sp³-hybridized carbons (Fsp3) is 0.750. The predicted octanol–water partition coefficient (Wildman–Crippen LogP) is 2.18. The second-order valence-electron chi connectivity index (χ2n) is 4.52. The van der Waals surface area contributed by atoms with Crippen LogP contribution in [0, 0.1) is 0 Å². The third kappa shape index (κ3) is 2.40. The average Bonchev–Trinajstić information content (AvgIpc) is 2.69. The van der Waals surface area contributed by atoms with Crippen molar-refractivity contribution in [1.82, 2.24) is 15.5 Å². The topological polar surface area (TPSA) is 40.7 Å². The van der Waals surface area contributed by atoms with Crippen LogP contribution < -0.4 is 5.32 Å². The Kier molecular flexibility index (Phi) is 3.41. The zero-order valence-corrected chi connectivity index (χ0v) is 9.77. The van der Waals surface area contributed by atoms with Gasteiger partial charge < -0.3 is 5.32 Å². The second kappa shape index (κ2) is 4.79. The van der Waals surface area contributed by atoms with Crippen LogP contribution in [0.4, 0.5) is 0 Å². The lowest BCUT2D eigenvalue weighted by atomic mass is 9.96. The van der Waals surface area contributed by atoms with Crippen LogP contribution in [0.3, 0.4) is 0 Å². The number of hydrogen-bond donors (Lipinski definition) is 2. The zero-order valence-electron chi connectivity index (χ0n) is 9.77. The van der Waals surface area contributed by atoms with Gasteiger partial charge in [-0.15, -0.1) is 0 Å². The Morgan fingerprint density at radius 2 is 2.20 bits per heavy atom. The lowest BCUT2D eigenvalue weighted by Gasteiger charge is -2.13. The van der Waals surface area contributed by atoms with Gasteiger partial charge in [0.15, 0.2) is 0 Å². The zero-order chi connectivity index (χ0) is 10.7. The van der Waals surface area contributed by atoms with Gasteiger partial charge in [0.05, 0.1) is 5.69 Å². The summed E-state index contributed by atoms with van der Waals surface area (Å²) in [4.78, 5) is 0. The van der Waals surface area contributed by atoms with E-state index in [1.54, 1.807) is 0 Å². The van der Waals surface area contributed by atoms with E-state index < -0.39 is 0 Å². The lowest BCUT2D eigenvalue weighted by molar-refractivity contribution is 0.526. The molecule has 3 nitrogen and oxygen atoms in total. The monoisotopic (exact) mass is 207 g/mol. The van der Waals surface area contributed by atoms with Gasteiger partial charge in [0.25, 0.3) is 0 Å². The first-order valence-electron chi connectivity index (χ1n) is 6.09. The van der Waals surface area contributed by atoms with Gasteiger partial charge in [0, 0.05) is 18.3 Å². The van der Waals surface area contributed by atoms with E-state index in [0.29, 0.717) is 6.04 Å². The number of aromatic nitrogens is 2. The molecule has 0 aliphatic heterocycles. The Hall–Kier alpha value is -0.830. The van der Waals surface area contributed by atoms with Gasteiger partial charge in [0.1, 0.15) is 0 Å². The molecule has 84 valence electrons. The summed E-state index contributed by atoms with van der Waals surface area (Å²) in [6.07, 6.45) is 6.21. The van der Waals surface area contributed by atoms with Gasteiger partial charge in [-0.25, -0.2) is 0 Å². The van der Waals surface area contributed by atoms with E-state index >= 15 is 0 Å². The van der Waals surface area contributed by atoms with Gasteiger partial charge in [-0.05, 0) is 44.6 Å². The smallest absolute Gasteiger partial charge is 0.0794 e. The molecule has 0 fully saturated rings. The molecule has 1 aromatic rings. The maximum absolute atomic E-state index is 4.42. The van der Waals surface area contributed by atoms with Crippen molar-refractivity contribution in [3.63, 3.8) is 0 Å². The molecular formula is C12H21N3. The number of rotatable bonds is 4. The predicted molar refractivity (Wildman–Crippen MR) is 61.8 cm³/mol. The van der Waals surface area contributed by atoms with Crippen molar-refractivity contribution < 1.29 is 0 Å². The van der Waals surface area contributed by atoms with E-state index in [9.17, 15) is 0 Å². The third-order valence-corrected chi connectivity index (χ3v) is 3.37. The molecule has 0 spiro atoms. The average molecular weight is 207 g/mol. The number of fused-ring (bicyclic) bond motifs is 1. The molecule has 1 atom stereocenters. The number of nitrogens with one attached hydrogen (secondary N) is 2. The van der Waals surface area contributed by atoms with Crippen molar-refractivity contribution >= 4 is 0 Å². The standard InChI is InChI=1S/C12H21N3/c1-3-9(2)13-8-12-10-6-4-5-7-11(10)14-15-12/h9,13H,3-8H2,1-2H3,(H,14,15). The SMILES string of the molecule is CCC(C)NCc1n[nH]c2c1CCCC2. The molecule has 1 heterocycles. The van der Waals surface area contributed by atoms with Crippen LogP contribution in [0.15, 0.2) is 0 Å². The molecule has 1 unspecified atom stereocenters. The van der Waals surface area contributed by atoms with E-state index in [-0.39, 0.29) is 0 Å². The summed E-state index contributed by atoms with van der Waals surface area (Å²) in [6, 6.07) is 0.584. The van der Waals surface area contributed by atoms with Gasteiger partial charge >= 0.3 is 0 Å². The maximum atomic E-state index is 4.42. The number of hydrogen-bond acceptors (Lipinski definition) is 2. The molecular weight excluding hydrogens is 186 g/mol. The van der Waals surface area contributed by atoms with Gasteiger partial charge in [-0.2, -0.15) is 5.10 Å². The molecule has 0 saturated carbocycles. The third-order valence-electron chi connectivity index (χ3n) is 3.37. The quantitative estimate of drug-likeness (QED) is 0.794. The van der Waals surface area contributed by atoms with Crippen LogP contribution in [-0.2, 0) is 19.4 Å². The maximum Gasteiger partial charge on any atom is 0.0794 e. The minimum absolute atomic E-state index is 0.584. The highest BCUT2D eigenvalue weighted by Crippen LogP contribution is 2.21. The summed E-state index contributed by atoms with van der Waals surface area (Å²) in [5.74, 6) is 0. The van der Waals surface area contributed by atoms with E-state index in [1.807, 2.05) is 0 Å². The van der Waals surface area contributed by atoms with Gasteiger partial charge in [0.2, 0.25) is 0 Å². The molecule has 0 radical (unpaired) electrons. The molecule has 0 bridgehead atoms. The molecule has 2 N–H and O–H groups in total. The van der Waals surface area contributed by atoms with Crippen molar-refractivity contribution in [2.24, 2.45) is 0 Å². The molecule has 15 heavy (non-hydrogen) atoms. The van der Waals surface area contributed by atoms with Crippen molar-refractivity contribution in [3.05, 3.63) is 17.0 Å². The number of aromatic amines is 1. The molecule has 1 aliphatic rings. The van der Waals surface area contributed by atoms with Crippen molar-refractivity contribution in [3.8, 4) is 0 Å². The summed E-state index contributed by atoms with van der Waals surface area (Å²) in [5, 5.41) is 11.1. The minimum Gasteiger partial charge on any atom is -0.309 e. The Balaban J connectivity index is 1.99. The first kappa shape index (κ1) is 10.7. The lowest BCUT2D eigenvalue weighted by Crippen LogP contribution is -2.25. The van der Waals surface area contributed by atoms with Crippen molar-refractivity contribution in [2.75, 3.05) is 0 Å². The van der Waals surface area contributed by atoms with Crippen LogP contribution in [0.25, 0.3) is 0 Å². The summed E-state index contributed by atoms with van der Waals surface area (Å²) in [6.45, 7) is 5.34. The van der Waals surface area contributed by atoms with Crippen LogP contribution in [0.2, 0.25) is 0 Å². The second-order valence-corrected chi connectivity index (χ2v) is 4.52. The molecule has 3 heteroatoms. The first-order valence-corrected chi connectivity index (χ1v) is 6.09. The summed E-state index contributed by atoms with van der Waals surface area (Å²) in [5.41, 5.74) is 4.10. The number of aryl methyl sites for hydroxylation is 1. The molecule has 0 saturated heterocycles. The Labute approximate surface area is 91.7 Å². The summed E-state index contributed by atoms with van der Waals surface area (Å²) in [7, 11) is 0.